The second kappa shape index (κ2) is 15.5. The molecule has 2 aliphatic rings. The fourth-order valence-electron chi connectivity index (χ4n) is 6.12. The molecule has 0 bridgehead atoms. The Labute approximate surface area is 272 Å². The van der Waals surface area contributed by atoms with Gasteiger partial charge < -0.3 is 18.9 Å². The van der Waals surface area contributed by atoms with E-state index in [1.165, 1.54) is 25.0 Å². The van der Waals surface area contributed by atoms with Crippen LogP contribution in [0.4, 0.5) is 0 Å². The lowest BCUT2D eigenvalue weighted by Gasteiger charge is -2.35. The first-order valence-electron chi connectivity index (χ1n) is 15.6. The van der Waals surface area contributed by atoms with E-state index in [9.17, 15) is 9.59 Å². The van der Waals surface area contributed by atoms with Crippen LogP contribution in [0.3, 0.4) is 0 Å². The fourth-order valence-corrected chi connectivity index (χ4v) is 6.77. The number of carbonyl (C=O) groups is 2. The summed E-state index contributed by atoms with van der Waals surface area (Å²) in [6.45, 7) is 19.9. The number of alkyl halides is 2. The van der Waals surface area contributed by atoms with E-state index in [2.05, 4.69) is 99.4 Å². The monoisotopic (exact) mass is 718 g/mol. The number of halogens is 2. The summed E-state index contributed by atoms with van der Waals surface area (Å²) in [7, 11) is 0. The predicted molar refractivity (Wildman–Crippen MR) is 177 cm³/mol. The first-order chi connectivity index (χ1) is 19.2. The molecule has 6 nitrogen and oxygen atoms in total. The van der Waals surface area contributed by atoms with Crippen molar-refractivity contribution in [1.29, 1.82) is 0 Å². The maximum absolute atomic E-state index is 11.9. The van der Waals surface area contributed by atoms with Crippen LogP contribution >= 0.6 is 31.9 Å². The van der Waals surface area contributed by atoms with Crippen molar-refractivity contribution in [2.75, 3.05) is 0 Å². The normalized spacial score (nSPS) is 29.0. The Morgan fingerprint density at radius 3 is 1.36 bits per heavy atom. The molecule has 0 aromatic heterocycles. The standard InChI is InChI=1S/C34H56Br2O6/c1-23(15-17-29(39-25(3)37)33(9)21-19-27(41-33)31(5,6)35)13-11-12-14-24(2)16-18-30(40-26(4)38)34(10)22-20-28(42-34)32(7,8)36/h13-14,27-30H,11-12,15-22H2,1-10H3/b23-13+,24-14+/t27?,28?,29-,30-,33+,34+/m0/s1. The van der Waals surface area contributed by atoms with Crippen molar-refractivity contribution in [3.63, 3.8) is 0 Å². The van der Waals surface area contributed by atoms with Crippen LogP contribution in [0.25, 0.3) is 0 Å². The van der Waals surface area contributed by atoms with Crippen molar-refractivity contribution in [2.45, 2.75) is 178 Å². The summed E-state index contributed by atoms with van der Waals surface area (Å²) in [6.07, 6.45) is 12.9. The second-order valence-electron chi connectivity index (χ2n) is 14.0. The molecule has 0 saturated carbocycles. The lowest BCUT2D eigenvalue weighted by molar-refractivity contribution is -0.169. The van der Waals surface area contributed by atoms with Crippen LogP contribution in [0.5, 0.6) is 0 Å². The van der Waals surface area contributed by atoms with Crippen LogP contribution in [-0.2, 0) is 28.5 Å². The van der Waals surface area contributed by atoms with Crippen LogP contribution in [0.1, 0.15) is 133 Å². The summed E-state index contributed by atoms with van der Waals surface area (Å²) >= 11 is 7.49. The zero-order valence-electron chi connectivity index (χ0n) is 27.7. The van der Waals surface area contributed by atoms with Crippen molar-refractivity contribution in [3.8, 4) is 0 Å². The Morgan fingerprint density at radius 2 is 1.10 bits per heavy atom. The number of hydrogen-bond donors (Lipinski definition) is 0. The van der Waals surface area contributed by atoms with Gasteiger partial charge in [0.2, 0.25) is 0 Å². The molecule has 2 heterocycles. The zero-order chi connectivity index (χ0) is 31.9. The Morgan fingerprint density at radius 1 is 0.762 bits per heavy atom. The van der Waals surface area contributed by atoms with Crippen molar-refractivity contribution in [2.24, 2.45) is 0 Å². The number of esters is 2. The van der Waals surface area contributed by atoms with Gasteiger partial charge >= 0.3 is 11.9 Å². The van der Waals surface area contributed by atoms with E-state index in [1.54, 1.807) is 0 Å². The summed E-state index contributed by atoms with van der Waals surface area (Å²) in [4.78, 5) is 23.8. The van der Waals surface area contributed by atoms with E-state index in [1.807, 2.05) is 0 Å². The van der Waals surface area contributed by atoms with Gasteiger partial charge in [-0.1, -0.05) is 55.2 Å². The van der Waals surface area contributed by atoms with E-state index < -0.39 is 11.2 Å². The highest BCUT2D eigenvalue weighted by atomic mass is 79.9. The van der Waals surface area contributed by atoms with Crippen molar-refractivity contribution < 1.29 is 28.5 Å². The number of unbranched alkanes of at least 4 members (excludes halogenated alkanes) is 1. The molecule has 2 unspecified atom stereocenters. The third-order valence-corrected chi connectivity index (χ3v) is 9.91. The van der Waals surface area contributed by atoms with E-state index >= 15 is 0 Å². The van der Waals surface area contributed by atoms with Gasteiger partial charge in [0.05, 0.1) is 12.2 Å². The highest BCUT2D eigenvalue weighted by Gasteiger charge is 2.49. The molecule has 0 aromatic rings. The molecule has 2 rings (SSSR count). The minimum absolute atomic E-state index is 0.0865. The van der Waals surface area contributed by atoms with Gasteiger partial charge in [-0.25, -0.2) is 0 Å². The molecule has 242 valence electrons. The van der Waals surface area contributed by atoms with Crippen LogP contribution in [-0.4, -0.2) is 56.2 Å². The van der Waals surface area contributed by atoms with Crippen LogP contribution < -0.4 is 0 Å². The summed E-state index contributed by atoms with van der Waals surface area (Å²) in [5.74, 6) is -0.519. The summed E-state index contributed by atoms with van der Waals surface area (Å²) in [5.41, 5.74) is 1.64. The van der Waals surface area contributed by atoms with Crippen molar-refractivity contribution in [1.82, 2.24) is 0 Å². The van der Waals surface area contributed by atoms with Gasteiger partial charge in [-0.3, -0.25) is 9.59 Å². The van der Waals surface area contributed by atoms with Gasteiger partial charge in [0, 0.05) is 22.5 Å². The van der Waals surface area contributed by atoms with E-state index in [0.717, 1.165) is 64.2 Å². The maximum Gasteiger partial charge on any atom is 0.303 e. The number of carbonyl (C=O) groups excluding carboxylic acids is 2. The van der Waals surface area contributed by atoms with Crippen molar-refractivity contribution >= 4 is 43.8 Å². The summed E-state index contributed by atoms with van der Waals surface area (Å²) < 4.78 is 24.3. The van der Waals surface area contributed by atoms with Gasteiger partial charge in [-0.05, 0) is 120 Å². The Hall–Kier alpha value is -0.700. The highest BCUT2D eigenvalue weighted by Crippen LogP contribution is 2.44. The van der Waals surface area contributed by atoms with Gasteiger partial charge in [0.15, 0.2) is 0 Å². The molecule has 2 aliphatic heterocycles. The number of hydrogen-bond acceptors (Lipinski definition) is 6. The van der Waals surface area contributed by atoms with E-state index in [4.69, 9.17) is 18.9 Å². The molecule has 0 radical (unpaired) electrons. The van der Waals surface area contributed by atoms with Crippen LogP contribution in [0.2, 0.25) is 0 Å². The quantitative estimate of drug-likeness (QED) is 0.0727. The summed E-state index contributed by atoms with van der Waals surface area (Å²) in [5, 5.41) is 0. The molecule has 6 atom stereocenters. The fraction of sp³-hybridized carbons (Fsp3) is 0.824. The Bertz CT molecular complexity index is 899. The van der Waals surface area contributed by atoms with Gasteiger partial charge in [0.25, 0.3) is 0 Å². The predicted octanol–water partition coefficient (Wildman–Crippen LogP) is 9.31. The van der Waals surface area contributed by atoms with E-state index in [0.29, 0.717) is 0 Å². The molecule has 8 heteroatoms. The molecular weight excluding hydrogens is 664 g/mol. The van der Waals surface area contributed by atoms with Crippen LogP contribution in [0.15, 0.2) is 23.3 Å². The Kier molecular flexibility index (Phi) is 13.9. The average molecular weight is 721 g/mol. The minimum Gasteiger partial charge on any atom is -0.459 e. The average Bonchev–Trinajstić information content (AvgIpc) is 3.46. The molecule has 0 aliphatic carbocycles. The largest absolute Gasteiger partial charge is 0.459 e. The minimum atomic E-state index is -0.475. The smallest absolute Gasteiger partial charge is 0.303 e. The maximum atomic E-state index is 11.9. The molecule has 0 aromatic carbocycles. The molecule has 2 saturated heterocycles. The summed E-state index contributed by atoms with van der Waals surface area (Å²) in [6, 6.07) is 0. The van der Waals surface area contributed by atoms with Crippen molar-refractivity contribution in [3.05, 3.63) is 23.3 Å². The number of ether oxygens (including phenoxy) is 4. The molecule has 42 heavy (non-hydrogen) atoms. The number of allylic oxidation sites excluding steroid dienone is 4. The second-order valence-corrected chi connectivity index (χ2v) is 18.1. The van der Waals surface area contributed by atoms with Gasteiger partial charge in [-0.2, -0.15) is 0 Å². The lowest BCUT2D eigenvalue weighted by atomic mass is 9.90. The molecule has 0 N–H and O–H groups in total. The first-order valence-corrected chi connectivity index (χ1v) is 17.2. The molecule has 0 amide bonds. The third-order valence-electron chi connectivity index (χ3n) is 8.89. The lowest BCUT2D eigenvalue weighted by Crippen LogP contribution is -2.44. The zero-order valence-corrected chi connectivity index (χ0v) is 30.9. The SMILES string of the molecule is CC(=O)O[C@@H](CC/C(C)=C/CC/C=C(\C)CC[C@H](OC(C)=O)[C@@]1(C)CCC(C(C)(C)Br)O1)[C@@]1(C)CCC(C(C)(C)Br)O1. The molecule has 2 fully saturated rings. The van der Waals surface area contributed by atoms with E-state index in [-0.39, 0.29) is 45.0 Å². The van der Waals surface area contributed by atoms with Crippen LogP contribution in [0, 0.1) is 0 Å². The molecular formula is C34H56Br2O6. The third kappa shape index (κ3) is 11.7. The number of rotatable bonds is 15. The van der Waals surface area contributed by atoms with Gasteiger partial charge in [0.1, 0.15) is 23.4 Å². The highest BCUT2D eigenvalue weighted by molar-refractivity contribution is 9.10. The Balaban J connectivity index is 1.88. The topological polar surface area (TPSA) is 71.1 Å². The van der Waals surface area contributed by atoms with Gasteiger partial charge in [-0.15, -0.1) is 0 Å². The first kappa shape index (κ1) is 37.5. The molecule has 0 spiro atoms.